The molecule has 1 fully saturated rings. The van der Waals surface area contributed by atoms with E-state index in [2.05, 4.69) is 18.7 Å². The maximum Gasteiger partial charge on any atom is 0.123 e. The zero-order valence-electron chi connectivity index (χ0n) is 12.0. The van der Waals surface area contributed by atoms with Crippen LogP contribution in [-0.4, -0.2) is 36.7 Å². The van der Waals surface area contributed by atoms with Gasteiger partial charge in [-0.3, -0.25) is 4.90 Å². The highest BCUT2D eigenvalue weighted by Crippen LogP contribution is 2.36. The van der Waals surface area contributed by atoms with Crippen LogP contribution in [0, 0.1) is 5.82 Å². The Balaban J connectivity index is 2.31. The molecule has 112 valence electrons. The molecule has 1 aliphatic rings. The van der Waals surface area contributed by atoms with E-state index < -0.39 is 0 Å². The summed E-state index contributed by atoms with van der Waals surface area (Å²) in [4.78, 5) is 2.32. The first-order chi connectivity index (χ1) is 9.49. The van der Waals surface area contributed by atoms with Gasteiger partial charge in [0.15, 0.2) is 0 Å². The predicted molar refractivity (Wildman–Crippen MR) is 79.4 cm³/mol. The Labute approximate surface area is 124 Å². The van der Waals surface area contributed by atoms with Crippen LogP contribution in [-0.2, 0) is 4.74 Å². The lowest BCUT2D eigenvalue weighted by molar-refractivity contribution is -0.0278. The molecule has 2 N–H and O–H groups in total. The Morgan fingerprint density at radius 1 is 1.45 bits per heavy atom. The van der Waals surface area contributed by atoms with E-state index in [1.165, 1.54) is 12.1 Å². The number of halogens is 2. The number of hydrogen-bond acceptors (Lipinski definition) is 3. The Hall–Kier alpha value is -0.680. The van der Waals surface area contributed by atoms with Crippen LogP contribution in [0.25, 0.3) is 0 Å². The summed E-state index contributed by atoms with van der Waals surface area (Å²) < 4.78 is 18.9. The molecular weight excluding hydrogens is 279 g/mol. The van der Waals surface area contributed by atoms with E-state index >= 15 is 0 Å². The van der Waals surface area contributed by atoms with Crippen molar-refractivity contribution in [1.82, 2.24) is 4.90 Å². The van der Waals surface area contributed by atoms with Crippen molar-refractivity contribution < 1.29 is 9.13 Å². The highest BCUT2D eigenvalue weighted by atomic mass is 35.5. The second kappa shape index (κ2) is 6.39. The van der Waals surface area contributed by atoms with Gasteiger partial charge < -0.3 is 10.5 Å². The normalized spacial score (nSPS) is 21.4. The molecule has 2 atom stereocenters. The number of morpholine rings is 1. The van der Waals surface area contributed by atoms with E-state index in [-0.39, 0.29) is 17.4 Å². The molecule has 1 aliphatic heterocycles. The number of hydrogen-bond donors (Lipinski definition) is 1. The van der Waals surface area contributed by atoms with Crippen molar-refractivity contribution >= 4 is 11.6 Å². The monoisotopic (exact) mass is 300 g/mol. The van der Waals surface area contributed by atoms with Crippen molar-refractivity contribution in [3.63, 3.8) is 0 Å². The van der Waals surface area contributed by atoms with Crippen molar-refractivity contribution in [3.05, 3.63) is 34.6 Å². The molecule has 3 nitrogen and oxygen atoms in total. The minimum absolute atomic E-state index is 0.263. The molecule has 5 heteroatoms. The second-order valence-electron chi connectivity index (χ2n) is 5.45. The molecule has 0 amide bonds. The number of nitrogens with two attached hydrogens (primary N) is 1. The summed E-state index contributed by atoms with van der Waals surface area (Å²) in [5.41, 5.74) is 6.86. The van der Waals surface area contributed by atoms with Gasteiger partial charge in [-0.2, -0.15) is 0 Å². The third-order valence-corrected chi connectivity index (χ3v) is 4.76. The van der Waals surface area contributed by atoms with Gasteiger partial charge in [-0.15, -0.1) is 0 Å². The first kappa shape index (κ1) is 15.7. The molecule has 2 rings (SSSR count). The topological polar surface area (TPSA) is 38.5 Å². The fourth-order valence-electron chi connectivity index (χ4n) is 2.80. The van der Waals surface area contributed by atoms with E-state index in [9.17, 15) is 4.39 Å². The molecule has 0 aromatic heterocycles. The standard InChI is InChI=1S/C15H22ClFN2O/c1-3-15(2,19-6-8-20-9-7-19)14(18)12-10-11(17)4-5-13(12)16/h4-5,10,14H,3,6-9,18H2,1-2H3. The number of rotatable bonds is 4. The van der Waals surface area contributed by atoms with Gasteiger partial charge in [0.2, 0.25) is 0 Å². The summed E-state index contributed by atoms with van der Waals surface area (Å²) in [6.45, 7) is 7.31. The lowest BCUT2D eigenvalue weighted by Gasteiger charge is -2.46. The molecule has 0 saturated carbocycles. The quantitative estimate of drug-likeness (QED) is 0.929. The molecule has 20 heavy (non-hydrogen) atoms. The zero-order valence-corrected chi connectivity index (χ0v) is 12.8. The summed E-state index contributed by atoms with van der Waals surface area (Å²) in [7, 11) is 0. The number of nitrogens with zero attached hydrogens (tertiary/aromatic N) is 1. The second-order valence-corrected chi connectivity index (χ2v) is 5.86. The van der Waals surface area contributed by atoms with E-state index in [0.29, 0.717) is 23.8 Å². The summed E-state index contributed by atoms with van der Waals surface area (Å²) in [5, 5.41) is 0.520. The Bertz CT molecular complexity index is 465. The van der Waals surface area contributed by atoms with E-state index in [1.807, 2.05) is 0 Å². The van der Waals surface area contributed by atoms with Crippen molar-refractivity contribution in [2.75, 3.05) is 26.3 Å². The third-order valence-electron chi connectivity index (χ3n) is 4.41. The molecule has 0 radical (unpaired) electrons. The Morgan fingerprint density at radius 2 is 2.10 bits per heavy atom. The van der Waals surface area contributed by atoms with Crippen LogP contribution in [0.15, 0.2) is 18.2 Å². The van der Waals surface area contributed by atoms with Crippen LogP contribution in [0.2, 0.25) is 5.02 Å². The lowest BCUT2D eigenvalue weighted by atomic mass is 9.83. The van der Waals surface area contributed by atoms with Gasteiger partial charge in [-0.25, -0.2) is 4.39 Å². The zero-order chi connectivity index (χ0) is 14.8. The van der Waals surface area contributed by atoms with Crippen molar-refractivity contribution in [3.8, 4) is 0 Å². The highest BCUT2D eigenvalue weighted by molar-refractivity contribution is 6.31. The molecule has 2 unspecified atom stereocenters. The van der Waals surface area contributed by atoms with Crippen LogP contribution in [0.4, 0.5) is 4.39 Å². The molecule has 1 aromatic rings. The van der Waals surface area contributed by atoms with Crippen LogP contribution in [0.1, 0.15) is 31.9 Å². The van der Waals surface area contributed by atoms with Gasteiger partial charge in [0.25, 0.3) is 0 Å². The Kier molecular flexibility index (Phi) is 5.02. The first-order valence-corrected chi connectivity index (χ1v) is 7.40. The molecule has 1 saturated heterocycles. The van der Waals surface area contributed by atoms with Crippen LogP contribution < -0.4 is 5.73 Å². The largest absolute Gasteiger partial charge is 0.379 e. The van der Waals surface area contributed by atoms with Gasteiger partial charge in [-0.1, -0.05) is 18.5 Å². The third kappa shape index (κ3) is 2.98. The van der Waals surface area contributed by atoms with Crippen LogP contribution in [0.5, 0.6) is 0 Å². The molecule has 1 aromatic carbocycles. The fourth-order valence-corrected chi connectivity index (χ4v) is 3.04. The summed E-state index contributed by atoms with van der Waals surface area (Å²) in [6, 6.07) is 4.04. The molecule has 0 aliphatic carbocycles. The van der Waals surface area contributed by atoms with Crippen molar-refractivity contribution in [2.45, 2.75) is 31.8 Å². The van der Waals surface area contributed by atoms with E-state index in [0.717, 1.165) is 19.5 Å². The number of ether oxygens (including phenoxy) is 1. The van der Waals surface area contributed by atoms with Crippen molar-refractivity contribution in [1.29, 1.82) is 0 Å². The summed E-state index contributed by atoms with van der Waals surface area (Å²) in [5.74, 6) is -0.305. The van der Waals surface area contributed by atoms with Gasteiger partial charge in [0, 0.05) is 29.7 Å². The lowest BCUT2D eigenvalue weighted by Crippen LogP contribution is -2.56. The summed E-state index contributed by atoms with van der Waals surface area (Å²) in [6.07, 6.45) is 0.862. The SMILES string of the molecule is CCC(C)(C(N)c1cc(F)ccc1Cl)N1CCOCC1. The average Bonchev–Trinajstić information content (AvgIpc) is 2.49. The van der Waals surface area contributed by atoms with E-state index in [1.54, 1.807) is 6.07 Å². The Morgan fingerprint density at radius 3 is 2.70 bits per heavy atom. The molecule has 1 heterocycles. The summed E-state index contributed by atoms with van der Waals surface area (Å²) >= 11 is 6.20. The van der Waals surface area contributed by atoms with Crippen LogP contribution >= 0.6 is 11.6 Å². The van der Waals surface area contributed by atoms with Crippen LogP contribution in [0.3, 0.4) is 0 Å². The molecular formula is C15H22ClFN2O. The van der Waals surface area contributed by atoms with Gasteiger partial charge >= 0.3 is 0 Å². The minimum atomic E-state index is -0.339. The predicted octanol–water partition coefficient (Wildman–Crippen LogP) is 2.98. The van der Waals surface area contributed by atoms with Crippen molar-refractivity contribution in [2.24, 2.45) is 5.73 Å². The number of benzene rings is 1. The molecule has 0 spiro atoms. The smallest absolute Gasteiger partial charge is 0.123 e. The van der Waals surface area contributed by atoms with Gasteiger partial charge in [0.1, 0.15) is 5.82 Å². The van der Waals surface area contributed by atoms with Gasteiger partial charge in [0.05, 0.1) is 13.2 Å². The average molecular weight is 301 g/mol. The minimum Gasteiger partial charge on any atom is -0.379 e. The molecule has 0 bridgehead atoms. The maximum absolute atomic E-state index is 13.5. The van der Waals surface area contributed by atoms with Gasteiger partial charge in [-0.05, 0) is 37.1 Å². The first-order valence-electron chi connectivity index (χ1n) is 7.02. The highest BCUT2D eigenvalue weighted by Gasteiger charge is 2.38. The van der Waals surface area contributed by atoms with E-state index in [4.69, 9.17) is 22.1 Å². The fraction of sp³-hybridized carbons (Fsp3) is 0.600. The maximum atomic E-state index is 13.5.